The molecule has 12 heavy (non-hydrogen) atoms. The molecule has 0 spiro atoms. The van der Waals surface area contributed by atoms with Gasteiger partial charge >= 0.3 is 0 Å². The van der Waals surface area contributed by atoms with Crippen molar-refractivity contribution in [2.24, 2.45) is 5.73 Å². The first-order chi connectivity index (χ1) is 5.64. The zero-order valence-corrected chi connectivity index (χ0v) is 7.93. The Labute approximate surface area is 74.4 Å². The molecule has 0 radical (unpaired) electrons. The van der Waals surface area contributed by atoms with Crippen LogP contribution in [0.2, 0.25) is 0 Å². The molecule has 1 aliphatic heterocycles. The fourth-order valence-corrected chi connectivity index (χ4v) is 1.71. The monoisotopic (exact) mass is 169 g/mol. The highest BCUT2D eigenvalue weighted by Crippen LogP contribution is 2.17. The molecule has 3 nitrogen and oxygen atoms in total. The molecule has 1 fully saturated rings. The highest BCUT2D eigenvalue weighted by Gasteiger charge is 2.26. The summed E-state index contributed by atoms with van der Waals surface area (Å²) in [5.41, 5.74) is 5.52. The summed E-state index contributed by atoms with van der Waals surface area (Å²) < 4.78 is 0. The van der Waals surface area contributed by atoms with Crippen molar-refractivity contribution in [2.75, 3.05) is 6.54 Å². The van der Waals surface area contributed by atoms with Crippen LogP contribution in [0.4, 0.5) is 0 Å². The Balaban J connectivity index is 2.36. The maximum atomic E-state index is 5.25. The van der Waals surface area contributed by atoms with Gasteiger partial charge in [0.05, 0.1) is 0 Å². The van der Waals surface area contributed by atoms with Crippen LogP contribution in [0, 0.1) is 0 Å². The summed E-state index contributed by atoms with van der Waals surface area (Å²) in [4.78, 5) is 0. The average Bonchev–Trinajstić information content (AvgIpc) is 1.99. The summed E-state index contributed by atoms with van der Waals surface area (Å²) in [6, 6.07) is 0.570. The van der Waals surface area contributed by atoms with E-state index in [1.54, 1.807) is 6.20 Å². The van der Waals surface area contributed by atoms with E-state index in [1.807, 2.05) is 6.20 Å². The van der Waals surface area contributed by atoms with Gasteiger partial charge in [-0.05, 0) is 33.2 Å². The average molecular weight is 169 g/mol. The summed E-state index contributed by atoms with van der Waals surface area (Å²) in [5, 5.41) is 6.75. The molecule has 1 atom stereocenters. The number of nitrogens with two attached hydrogens (primary N) is 1. The molecule has 1 saturated heterocycles. The van der Waals surface area contributed by atoms with Crippen molar-refractivity contribution < 1.29 is 0 Å². The van der Waals surface area contributed by atoms with Gasteiger partial charge in [-0.2, -0.15) is 0 Å². The van der Waals surface area contributed by atoms with Crippen LogP contribution < -0.4 is 16.4 Å². The first kappa shape index (κ1) is 9.39. The van der Waals surface area contributed by atoms with E-state index in [2.05, 4.69) is 24.5 Å². The normalized spacial score (nSPS) is 29.0. The smallest absolute Gasteiger partial charge is 0.0285 e. The fraction of sp³-hybridized carbons (Fsp3) is 0.778. The molecule has 0 aromatic carbocycles. The second-order valence-corrected chi connectivity index (χ2v) is 4.03. The lowest BCUT2D eigenvalue weighted by Crippen LogP contribution is -2.51. The highest BCUT2D eigenvalue weighted by atomic mass is 15.0. The van der Waals surface area contributed by atoms with E-state index < -0.39 is 0 Å². The van der Waals surface area contributed by atoms with Crippen LogP contribution in [0.15, 0.2) is 12.4 Å². The van der Waals surface area contributed by atoms with E-state index in [0.717, 1.165) is 13.0 Å². The lowest BCUT2D eigenvalue weighted by atomic mass is 9.89. The SMILES string of the molecule is CC1(C)CC(N/C=C/N)CCN1. The maximum Gasteiger partial charge on any atom is 0.0285 e. The first-order valence-electron chi connectivity index (χ1n) is 4.52. The van der Waals surface area contributed by atoms with Crippen LogP contribution in [-0.2, 0) is 0 Å². The van der Waals surface area contributed by atoms with E-state index in [0.29, 0.717) is 6.04 Å². The van der Waals surface area contributed by atoms with Crippen LogP contribution in [-0.4, -0.2) is 18.1 Å². The van der Waals surface area contributed by atoms with Gasteiger partial charge in [-0.3, -0.25) is 0 Å². The zero-order chi connectivity index (χ0) is 9.03. The van der Waals surface area contributed by atoms with Crippen LogP contribution in [0.3, 0.4) is 0 Å². The summed E-state index contributed by atoms with van der Waals surface area (Å²) in [5.74, 6) is 0. The van der Waals surface area contributed by atoms with Crippen LogP contribution in [0.1, 0.15) is 26.7 Å². The predicted molar refractivity (Wildman–Crippen MR) is 51.6 cm³/mol. The molecule has 0 amide bonds. The van der Waals surface area contributed by atoms with Crippen molar-refractivity contribution >= 4 is 0 Å². The van der Waals surface area contributed by atoms with Gasteiger partial charge in [0.15, 0.2) is 0 Å². The summed E-state index contributed by atoms with van der Waals surface area (Å²) in [7, 11) is 0. The molecule has 0 aliphatic carbocycles. The first-order valence-corrected chi connectivity index (χ1v) is 4.52. The van der Waals surface area contributed by atoms with Crippen molar-refractivity contribution in [3.63, 3.8) is 0 Å². The largest absolute Gasteiger partial charge is 0.403 e. The molecule has 0 saturated carbocycles. The maximum absolute atomic E-state index is 5.25. The minimum absolute atomic E-state index is 0.262. The molecule has 0 aromatic rings. The number of rotatable bonds is 2. The minimum atomic E-state index is 0.262. The minimum Gasteiger partial charge on any atom is -0.403 e. The Bertz CT molecular complexity index is 163. The van der Waals surface area contributed by atoms with Crippen molar-refractivity contribution in [1.29, 1.82) is 0 Å². The summed E-state index contributed by atoms with van der Waals surface area (Å²) in [6.45, 7) is 5.54. The van der Waals surface area contributed by atoms with Gasteiger partial charge in [0.1, 0.15) is 0 Å². The van der Waals surface area contributed by atoms with Gasteiger partial charge in [-0.15, -0.1) is 0 Å². The molecular weight excluding hydrogens is 150 g/mol. The number of piperidine rings is 1. The van der Waals surface area contributed by atoms with Crippen LogP contribution in [0.25, 0.3) is 0 Å². The molecule has 0 aromatic heterocycles. The van der Waals surface area contributed by atoms with Gasteiger partial charge in [0, 0.05) is 24.0 Å². The van der Waals surface area contributed by atoms with Gasteiger partial charge in [-0.1, -0.05) is 0 Å². The quantitative estimate of drug-likeness (QED) is 0.565. The van der Waals surface area contributed by atoms with E-state index >= 15 is 0 Å². The lowest BCUT2D eigenvalue weighted by molar-refractivity contribution is 0.260. The molecule has 70 valence electrons. The Morgan fingerprint density at radius 1 is 1.58 bits per heavy atom. The number of nitrogens with one attached hydrogen (secondary N) is 2. The van der Waals surface area contributed by atoms with Crippen molar-refractivity contribution in [3.05, 3.63) is 12.4 Å². The second kappa shape index (κ2) is 3.81. The predicted octanol–water partition coefficient (Wildman–Crippen LogP) is 0.536. The number of hydrogen-bond donors (Lipinski definition) is 3. The molecule has 1 heterocycles. The molecule has 4 N–H and O–H groups in total. The Morgan fingerprint density at radius 2 is 2.33 bits per heavy atom. The second-order valence-electron chi connectivity index (χ2n) is 4.03. The van der Waals surface area contributed by atoms with E-state index in [4.69, 9.17) is 5.73 Å². The summed E-state index contributed by atoms with van der Waals surface area (Å²) in [6.07, 6.45) is 5.70. The molecular formula is C9H19N3. The van der Waals surface area contributed by atoms with Crippen molar-refractivity contribution in [1.82, 2.24) is 10.6 Å². The number of hydrogen-bond acceptors (Lipinski definition) is 3. The zero-order valence-electron chi connectivity index (χ0n) is 7.93. The van der Waals surface area contributed by atoms with E-state index in [9.17, 15) is 0 Å². The topological polar surface area (TPSA) is 50.1 Å². The fourth-order valence-electron chi connectivity index (χ4n) is 1.71. The third kappa shape index (κ3) is 2.74. The molecule has 1 rings (SSSR count). The molecule has 0 bridgehead atoms. The third-order valence-corrected chi connectivity index (χ3v) is 2.28. The van der Waals surface area contributed by atoms with Crippen LogP contribution in [0.5, 0.6) is 0 Å². The van der Waals surface area contributed by atoms with Crippen molar-refractivity contribution in [3.8, 4) is 0 Å². The molecule has 3 heteroatoms. The molecule has 1 aliphatic rings. The van der Waals surface area contributed by atoms with Gasteiger partial charge in [-0.25, -0.2) is 0 Å². The Morgan fingerprint density at radius 3 is 2.92 bits per heavy atom. The lowest BCUT2D eigenvalue weighted by Gasteiger charge is -2.36. The summed E-state index contributed by atoms with van der Waals surface area (Å²) >= 11 is 0. The Kier molecular flexibility index (Phi) is 2.98. The Hall–Kier alpha value is -0.700. The van der Waals surface area contributed by atoms with Crippen LogP contribution >= 0.6 is 0 Å². The standard InChI is InChI=1S/C9H19N3/c1-9(2)7-8(3-5-12-9)11-6-4-10/h4,6,8,11-12H,3,5,7,10H2,1-2H3/b6-4+. The van der Waals surface area contributed by atoms with Gasteiger partial charge in [0.2, 0.25) is 0 Å². The van der Waals surface area contributed by atoms with E-state index in [-0.39, 0.29) is 5.54 Å². The third-order valence-electron chi connectivity index (χ3n) is 2.28. The highest BCUT2D eigenvalue weighted by molar-refractivity contribution is 4.91. The van der Waals surface area contributed by atoms with Crippen molar-refractivity contribution in [2.45, 2.75) is 38.3 Å². The van der Waals surface area contributed by atoms with Gasteiger partial charge in [0.25, 0.3) is 0 Å². The van der Waals surface area contributed by atoms with E-state index in [1.165, 1.54) is 6.42 Å². The van der Waals surface area contributed by atoms with Gasteiger partial charge < -0.3 is 16.4 Å². The molecule has 1 unspecified atom stereocenters.